The average Bonchev–Trinajstić information content (AvgIpc) is 3.02. The minimum absolute atomic E-state index is 0.0864. The first-order chi connectivity index (χ1) is 13.1. The highest BCUT2D eigenvalue weighted by Gasteiger charge is 2.40. The van der Waals surface area contributed by atoms with E-state index in [2.05, 4.69) is 9.72 Å². The van der Waals surface area contributed by atoms with E-state index in [9.17, 15) is 32.9 Å². The van der Waals surface area contributed by atoms with Gasteiger partial charge >= 0.3 is 12.1 Å². The molecule has 1 N–H and O–H groups in total. The van der Waals surface area contributed by atoms with Crippen LogP contribution in [0.15, 0.2) is 35.1 Å². The average molecular weight is 396 g/mol. The third-order valence-electron chi connectivity index (χ3n) is 3.76. The van der Waals surface area contributed by atoms with E-state index in [0.29, 0.717) is 4.52 Å². The van der Waals surface area contributed by atoms with Crippen molar-refractivity contribution < 1.29 is 27.6 Å². The van der Waals surface area contributed by atoms with E-state index in [0.717, 1.165) is 12.1 Å². The number of halogens is 3. The lowest BCUT2D eigenvalue weighted by atomic mass is 10.1. The van der Waals surface area contributed by atoms with Crippen LogP contribution < -0.4 is 5.56 Å². The normalized spacial score (nSPS) is 11.6. The number of benzene rings is 1. The number of fused-ring (bicyclic) bond motifs is 1. The summed E-state index contributed by atoms with van der Waals surface area (Å²) in [5, 5.41) is 13.0. The highest BCUT2D eigenvalue weighted by molar-refractivity contribution is 5.97. The Morgan fingerprint density at radius 1 is 1.36 bits per heavy atom. The molecule has 0 aliphatic rings. The van der Waals surface area contributed by atoms with Crippen molar-refractivity contribution in [2.24, 2.45) is 0 Å². The molecular weight excluding hydrogens is 385 g/mol. The third-order valence-corrected chi connectivity index (χ3v) is 3.76. The number of aromatic amines is 1. The Labute approximate surface area is 153 Å². The molecule has 146 valence electrons. The van der Waals surface area contributed by atoms with Crippen molar-refractivity contribution >= 4 is 17.3 Å². The van der Waals surface area contributed by atoms with E-state index in [4.69, 9.17) is 0 Å². The molecule has 28 heavy (non-hydrogen) atoms. The lowest BCUT2D eigenvalue weighted by Crippen LogP contribution is -2.15. The van der Waals surface area contributed by atoms with Crippen molar-refractivity contribution in [3.63, 3.8) is 0 Å². The van der Waals surface area contributed by atoms with Gasteiger partial charge < -0.3 is 4.74 Å². The van der Waals surface area contributed by atoms with Crippen LogP contribution in [-0.2, 0) is 10.9 Å². The number of hydrogen-bond donors (Lipinski definition) is 1. The number of ether oxygens (including phenoxy) is 1. The van der Waals surface area contributed by atoms with Crippen molar-refractivity contribution in [2.45, 2.75) is 13.1 Å². The number of aromatic nitrogens is 3. The number of carbonyl (C=O) groups is 1. The largest absolute Gasteiger partial charge is 0.462 e. The van der Waals surface area contributed by atoms with Crippen LogP contribution in [0.2, 0.25) is 0 Å². The Kier molecular flexibility index (Phi) is 4.63. The molecule has 2 heterocycles. The predicted molar refractivity (Wildman–Crippen MR) is 88.9 cm³/mol. The summed E-state index contributed by atoms with van der Waals surface area (Å²) < 4.78 is 45.1. The first-order valence-corrected chi connectivity index (χ1v) is 7.79. The molecule has 3 aromatic rings. The smallest absolute Gasteiger partial charge is 0.433 e. The van der Waals surface area contributed by atoms with E-state index in [1.165, 1.54) is 25.1 Å². The van der Waals surface area contributed by atoms with E-state index < -0.39 is 45.2 Å². The molecular formula is C16H11F3N4O5. The predicted octanol–water partition coefficient (Wildman–Crippen LogP) is 2.79. The van der Waals surface area contributed by atoms with Crippen LogP contribution in [0.4, 0.5) is 18.9 Å². The third kappa shape index (κ3) is 3.19. The Morgan fingerprint density at radius 2 is 2.04 bits per heavy atom. The second kappa shape index (κ2) is 6.79. The van der Waals surface area contributed by atoms with E-state index in [1.807, 2.05) is 5.10 Å². The fourth-order valence-corrected chi connectivity index (χ4v) is 2.63. The van der Waals surface area contributed by atoms with Gasteiger partial charge in [0.15, 0.2) is 11.3 Å². The number of nitrogens with zero attached hydrogens (tertiary/aromatic N) is 3. The molecule has 0 saturated carbocycles. The molecule has 2 aromatic heterocycles. The second-order valence-corrected chi connectivity index (χ2v) is 5.49. The molecule has 0 aliphatic heterocycles. The van der Waals surface area contributed by atoms with Crippen molar-refractivity contribution in [2.75, 3.05) is 6.61 Å². The van der Waals surface area contributed by atoms with Gasteiger partial charge in [-0.3, -0.25) is 20.0 Å². The minimum Gasteiger partial charge on any atom is -0.462 e. The summed E-state index contributed by atoms with van der Waals surface area (Å²) in [7, 11) is 0. The first kappa shape index (κ1) is 19.1. The fraction of sp³-hybridized carbons (Fsp3) is 0.188. The number of esters is 1. The standard InChI is InChI=1S/C16H11F3N4O5/c1-2-28-15(25)12-13(16(17,18)19)21-22-11(24)7-9(20-14(12)22)8-5-3-4-6-10(8)23(26)27/h3-7,21H,2H2,1H3. The zero-order chi connectivity index (χ0) is 20.6. The maximum absolute atomic E-state index is 13.3. The van der Waals surface area contributed by atoms with Gasteiger partial charge in [0.05, 0.1) is 22.8 Å². The molecule has 0 saturated heterocycles. The van der Waals surface area contributed by atoms with Crippen molar-refractivity contribution in [3.8, 4) is 11.3 Å². The number of nitrogens with one attached hydrogen (secondary N) is 1. The zero-order valence-corrected chi connectivity index (χ0v) is 14.1. The van der Waals surface area contributed by atoms with Gasteiger partial charge in [-0.15, -0.1) is 0 Å². The van der Waals surface area contributed by atoms with Crippen molar-refractivity contribution in [1.29, 1.82) is 0 Å². The molecule has 0 atom stereocenters. The maximum atomic E-state index is 13.3. The number of carbonyl (C=O) groups excluding carboxylic acids is 1. The van der Waals surface area contributed by atoms with Gasteiger partial charge in [0.1, 0.15) is 5.56 Å². The van der Waals surface area contributed by atoms with Gasteiger partial charge in [-0.2, -0.15) is 13.2 Å². The van der Waals surface area contributed by atoms with Gasteiger partial charge in [0.2, 0.25) is 0 Å². The van der Waals surface area contributed by atoms with Crippen LogP contribution >= 0.6 is 0 Å². The van der Waals surface area contributed by atoms with E-state index in [-0.39, 0.29) is 17.9 Å². The summed E-state index contributed by atoms with van der Waals surface area (Å²) in [6.07, 6.45) is -5.00. The number of nitro benzene ring substituents is 1. The number of para-hydroxylation sites is 1. The molecule has 9 nitrogen and oxygen atoms in total. The lowest BCUT2D eigenvalue weighted by Gasteiger charge is -2.06. The maximum Gasteiger partial charge on any atom is 0.433 e. The monoisotopic (exact) mass is 396 g/mol. The van der Waals surface area contributed by atoms with Crippen molar-refractivity contribution in [1.82, 2.24) is 14.6 Å². The summed E-state index contributed by atoms with van der Waals surface area (Å²) >= 11 is 0. The van der Waals surface area contributed by atoms with E-state index >= 15 is 0 Å². The van der Waals surface area contributed by atoms with E-state index in [1.54, 1.807) is 0 Å². The number of H-pyrrole nitrogens is 1. The van der Waals surface area contributed by atoms with Crippen LogP contribution in [0.5, 0.6) is 0 Å². The molecule has 0 aliphatic carbocycles. The summed E-state index contributed by atoms with van der Waals surface area (Å²) in [5.74, 6) is -1.33. The highest BCUT2D eigenvalue weighted by atomic mass is 19.4. The van der Waals surface area contributed by atoms with Gasteiger partial charge in [-0.1, -0.05) is 12.1 Å². The lowest BCUT2D eigenvalue weighted by molar-refractivity contribution is -0.384. The summed E-state index contributed by atoms with van der Waals surface area (Å²) in [5.41, 5.74) is -4.86. The van der Waals surface area contributed by atoms with Gasteiger partial charge in [0, 0.05) is 12.1 Å². The highest BCUT2D eigenvalue weighted by Crippen LogP contribution is 2.34. The van der Waals surface area contributed by atoms with Crippen LogP contribution in [0.3, 0.4) is 0 Å². The topological polar surface area (TPSA) is 120 Å². The quantitative estimate of drug-likeness (QED) is 0.411. The summed E-state index contributed by atoms with van der Waals surface area (Å²) in [6, 6.07) is 6.10. The Balaban J connectivity index is 2.37. The Bertz CT molecular complexity index is 1150. The number of nitro groups is 1. The van der Waals surface area contributed by atoms with Gasteiger partial charge in [-0.05, 0) is 13.0 Å². The zero-order valence-electron chi connectivity index (χ0n) is 14.1. The minimum atomic E-state index is -5.00. The van der Waals surface area contributed by atoms with Crippen LogP contribution in [0, 0.1) is 10.1 Å². The SMILES string of the molecule is CCOC(=O)c1c(C(F)(F)F)[nH]n2c(=O)cc(-c3ccccc3[N+](=O)[O-])nc12. The summed E-state index contributed by atoms with van der Waals surface area (Å²) in [4.78, 5) is 38.8. The van der Waals surface area contributed by atoms with Crippen LogP contribution in [-0.4, -0.2) is 32.1 Å². The van der Waals surface area contributed by atoms with Crippen LogP contribution in [0.1, 0.15) is 23.0 Å². The molecule has 0 spiro atoms. The van der Waals surface area contributed by atoms with Crippen LogP contribution in [0.25, 0.3) is 16.9 Å². The number of alkyl halides is 3. The Hall–Kier alpha value is -3.70. The summed E-state index contributed by atoms with van der Waals surface area (Å²) in [6.45, 7) is 1.19. The second-order valence-electron chi connectivity index (χ2n) is 5.49. The molecule has 3 rings (SSSR count). The fourth-order valence-electron chi connectivity index (χ4n) is 2.63. The van der Waals surface area contributed by atoms with Crippen molar-refractivity contribution in [3.05, 3.63) is 62.1 Å². The Morgan fingerprint density at radius 3 is 2.64 bits per heavy atom. The molecule has 0 unspecified atom stereocenters. The van der Waals surface area contributed by atoms with Gasteiger partial charge in [-0.25, -0.2) is 14.3 Å². The molecule has 1 aromatic carbocycles. The molecule has 0 bridgehead atoms. The molecule has 0 amide bonds. The van der Waals surface area contributed by atoms with Gasteiger partial charge in [0.25, 0.3) is 11.2 Å². The number of hydrogen-bond acceptors (Lipinski definition) is 6. The molecule has 12 heteroatoms. The number of rotatable bonds is 4. The molecule has 0 radical (unpaired) electrons. The molecule has 0 fully saturated rings. The first-order valence-electron chi connectivity index (χ1n) is 7.79.